The summed E-state index contributed by atoms with van der Waals surface area (Å²) in [5, 5.41) is 0.900. The maximum Gasteiger partial charge on any atom is 0.133 e. The molecular formula is C20H21FN4O. The van der Waals surface area contributed by atoms with Crippen LogP contribution in [0.2, 0.25) is 0 Å². The Kier molecular flexibility index (Phi) is 4.42. The van der Waals surface area contributed by atoms with Gasteiger partial charge in [-0.25, -0.2) is 14.4 Å². The molecule has 4 rings (SSSR count). The fourth-order valence-electron chi connectivity index (χ4n) is 3.39. The highest BCUT2D eigenvalue weighted by molar-refractivity contribution is 5.95. The second kappa shape index (κ2) is 6.88. The summed E-state index contributed by atoms with van der Waals surface area (Å²) in [6, 6.07) is 10.8. The fourth-order valence-corrected chi connectivity index (χ4v) is 3.39. The van der Waals surface area contributed by atoms with Crippen molar-refractivity contribution in [1.82, 2.24) is 9.97 Å². The fraction of sp³-hybridized carbons (Fsp3) is 0.300. The van der Waals surface area contributed by atoms with Crippen LogP contribution in [0.5, 0.6) is 0 Å². The van der Waals surface area contributed by atoms with Gasteiger partial charge in [0.05, 0.1) is 24.4 Å². The Bertz CT molecular complexity index is 954. The standard InChI is InChI=1S/C20H21FN4O/c1-2-16-14(5-7-17(22)23-16)19-15(21)6-3-13-4-8-18(24-20(13)19)25-9-11-26-12-10-25/h3-8H,2,9-12H2,1H3,(H2,22,23). The van der Waals surface area contributed by atoms with Crippen molar-refractivity contribution >= 4 is 22.5 Å². The van der Waals surface area contributed by atoms with Gasteiger partial charge in [0.2, 0.25) is 0 Å². The number of hydrogen-bond donors (Lipinski definition) is 1. The van der Waals surface area contributed by atoms with E-state index in [9.17, 15) is 4.39 Å². The molecule has 0 amide bonds. The van der Waals surface area contributed by atoms with E-state index in [-0.39, 0.29) is 5.82 Å². The molecule has 3 heterocycles. The molecule has 1 fully saturated rings. The van der Waals surface area contributed by atoms with E-state index < -0.39 is 0 Å². The highest BCUT2D eigenvalue weighted by atomic mass is 19.1. The molecule has 2 aromatic heterocycles. The minimum absolute atomic E-state index is 0.301. The zero-order chi connectivity index (χ0) is 18.1. The van der Waals surface area contributed by atoms with Crippen LogP contribution >= 0.6 is 0 Å². The van der Waals surface area contributed by atoms with Gasteiger partial charge in [0, 0.05) is 29.6 Å². The molecule has 0 radical (unpaired) electrons. The SMILES string of the molecule is CCc1nc(N)ccc1-c1c(F)ccc2ccc(N3CCOCC3)nc12. The Morgan fingerprint density at radius 2 is 1.85 bits per heavy atom. The normalized spacial score (nSPS) is 14.8. The van der Waals surface area contributed by atoms with Gasteiger partial charge in [0.15, 0.2) is 0 Å². The third kappa shape index (κ3) is 2.97. The minimum atomic E-state index is -0.301. The highest BCUT2D eigenvalue weighted by Gasteiger charge is 2.18. The quantitative estimate of drug-likeness (QED) is 0.782. The van der Waals surface area contributed by atoms with Gasteiger partial charge in [-0.2, -0.15) is 0 Å². The molecule has 2 N–H and O–H groups in total. The van der Waals surface area contributed by atoms with Crippen LogP contribution in [0.25, 0.3) is 22.0 Å². The van der Waals surface area contributed by atoms with Crippen LogP contribution in [0.15, 0.2) is 36.4 Å². The van der Waals surface area contributed by atoms with Crippen molar-refractivity contribution in [3.63, 3.8) is 0 Å². The van der Waals surface area contributed by atoms with Gasteiger partial charge in [-0.1, -0.05) is 6.92 Å². The minimum Gasteiger partial charge on any atom is -0.384 e. The van der Waals surface area contributed by atoms with Gasteiger partial charge in [-0.15, -0.1) is 0 Å². The summed E-state index contributed by atoms with van der Waals surface area (Å²) >= 11 is 0. The number of nitrogens with zero attached hydrogens (tertiary/aromatic N) is 3. The largest absolute Gasteiger partial charge is 0.384 e. The number of aromatic nitrogens is 2. The zero-order valence-electron chi connectivity index (χ0n) is 14.7. The predicted octanol–water partition coefficient (Wildman–Crippen LogP) is 3.42. The summed E-state index contributed by atoms with van der Waals surface area (Å²) in [5.41, 5.74) is 8.47. The number of hydrogen-bond acceptors (Lipinski definition) is 5. The number of pyridine rings is 2. The first-order valence-electron chi connectivity index (χ1n) is 8.85. The van der Waals surface area contributed by atoms with Crippen molar-refractivity contribution in [3.8, 4) is 11.1 Å². The summed E-state index contributed by atoms with van der Waals surface area (Å²) in [7, 11) is 0. The maximum atomic E-state index is 14.9. The van der Waals surface area contributed by atoms with Crippen LogP contribution in [0.1, 0.15) is 12.6 Å². The Hall–Kier alpha value is -2.73. The second-order valence-electron chi connectivity index (χ2n) is 6.35. The van der Waals surface area contributed by atoms with Crippen LogP contribution in [-0.2, 0) is 11.2 Å². The van der Waals surface area contributed by atoms with Crippen LogP contribution in [0.4, 0.5) is 16.0 Å². The molecule has 1 aromatic carbocycles. The summed E-state index contributed by atoms with van der Waals surface area (Å²) in [6.45, 7) is 4.91. The number of rotatable bonds is 3. The van der Waals surface area contributed by atoms with E-state index in [2.05, 4.69) is 9.88 Å². The summed E-state index contributed by atoms with van der Waals surface area (Å²) < 4.78 is 20.3. The smallest absolute Gasteiger partial charge is 0.133 e. The van der Waals surface area contributed by atoms with E-state index in [1.54, 1.807) is 12.1 Å². The van der Waals surface area contributed by atoms with Gasteiger partial charge in [-0.3, -0.25) is 0 Å². The van der Waals surface area contributed by atoms with Gasteiger partial charge >= 0.3 is 0 Å². The number of benzene rings is 1. The van der Waals surface area contributed by atoms with Crippen LogP contribution < -0.4 is 10.6 Å². The van der Waals surface area contributed by atoms with E-state index in [0.29, 0.717) is 36.5 Å². The molecule has 5 nitrogen and oxygen atoms in total. The third-order valence-corrected chi connectivity index (χ3v) is 4.73. The van der Waals surface area contributed by atoms with Gasteiger partial charge in [0.1, 0.15) is 17.5 Å². The first-order valence-corrected chi connectivity index (χ1v) is 8.85. The van der Waals surface area contributed by atoms with Crippen molar-refractivity contribution in [2.45, 2.75) is 13.3 Å². The molecule has 6 heteroatoms. The lowest BCUT2D eigenvalue weighted by atomic mass is 9.98. The molecule has 0 atom stereocenters. The topological polar surface area (TPSA) is 64.3 Å². The lowest BCUT2D eigenvalue weighted by Gasteiger charge is -2.28. The molecule has 3 aromatic rings. The summed E-state index contributed by atoms with van der Waals surface area (Å²) in [5.74, 6) is 0.979. The van der Waals surface area contributed by atoms with Gasteiger partial charge in [-0.05, 0) is 42.8 Å². The Labute approximate surface area is 151 Å². The van der Waals surface area contributed by atoms with Crippen LogP contribution in [-0.4, -0.2) is 36.3 Å². The molecule has 0 bridgehead atoms. The van der Waals surface area contributed by atoms with Gasteiger partial charge < -0.3 is 15.4 Å². The molecule has 0 spiro atoms. The average molecular weight is 352 g/mol. The number of halogens is 1. The van der Waals surface area contributed by atoms with E-state index in [0.717, 1.165) is 35.6 Å². The Morgan fingerprint density at radius 3 is 2.62 bits per heavy atom. The molecule has 0 aliphatic carbocycles. The monoisotopic (exact) mass is 352 g/mol. The average Bonchev–Trinajstić information content (AvgIpc) is 2.68. The van der Waals surface area contributed by atoms with E-state index in [1.165, 1.54) is 6.07 Å². The predicted molar refractivity (Wildman–Crippen MR) is 102 cm³/mol. The second-order valence-corrected chi connectivity index (χ2v) is 6.35. The lowest BCUT2D eigenvalue weighted by Crippen LogP contribution is -2.36. The van der Waals surface area contributed by atoms with Crippen molar-refractivity contribution in [2.75, 3.05) is 36.9 Å². The number of anilines is 2. The van der Waals surface area contributed by atoms with Crippen molar-refractivity contribution < 1.29 is 9.13 Å². The molecule has 26 heavy (non-hydrogen) atoms. The molecular weight excluding hydrogens is 331 g/mol. The summed E-state index contributed by atoms with van der Waals surface area (Å²) in [4.78, 5) is 11.4. The van der Waals surface area contributed by atoms with Crippen LogP contribution in [0.3, 0.4) is 0 Å². The van der Waals surface area contributed by atoms with Crippen molar-refractivity contribution in [3.05, 3.63) is 47.9 Å². The Morgan fingerprint density at radius 1 is 1.08 bits per heavy atom. The van der Waals surface area contributed by atoms with Crippen molar-refractivity contribution in [2.24, 2.45) is 0 Å². The molecule has 0 unspecified atom stereocenters. The van der Waals surface area contributed by atoms with Gasteiger partial charge in [0.25, 0.3) is 0 Å². The highest BCUT2D eigenvalue weighted by Crippen LogP contribution is 2.34. The molecule has 1 aliphatic rings. The lowest BCUT2D eigenvalue weighted by molar-refractivity contribution is 0.122. The first-order chi connectivity index (χ1) is 12.7. The summed E-state index contributed by atoms with van der Waals surface area (Å²) in [6.07, 6.45) is 0.666. The molecule has 134 valence electrons. The number of ether oxygens (including phenoxy) is 1. The number of aryl methyl sites for hydroxylation is 1. The third-order valence-electron chi connectivity index (χ3n) is 4.73. The van der Waals surface area contributed by atoms with Crippen LogP contribution in [0, 0.1) is 5.82 Å². The first kappa shape index (κ1) is 16.7. The number of nitrogens with two attached hydrogens (primary N) is 1. The Balaban J connectivity index is 1.92. The number of fused-ring (bicyclic) bond motifs is 1. The zero-order valence-corrected chi connectivity index (χ0v) is 14.7. The maximum absolute atomic E-state index is 14.9. The number of morpholine rings is 1. The molecule has 0 saturated carbocycles. The molecule has 1 aliphatic heterocycles. The van der Waals surface area contributed by atoms with E-state index in [4.69, 9.17) is 15.5 Å². The van der Waals surface area contributed by atoms with E-state index >= 15 is 0 Å². The molecule has 1 saturated heterocycles. The van der Waals surface area contributed by atoms with E-state index in [1.807, 2.05) is 25.1 Å². The van der Waals surface area contributed by atoms with Crippen molar-refractivity contribution in [1.29, 1.82) is 0 Å². The number of nitrogen functional groups attached to an aromatic ring is 1.